The Labute approximate surface area is 123 Å². The van der Waals surface area contributed by atoms with Crippen LogP contribution in [0, 0.1) is 0 Å². The molecule has 0 saturated carbocycles. The van der Waals surface area contributed by atoms with Crippen LogP contribution in [0.5, 0.6) is 0 Å². The highest BCUT2D eigenvalue weighted by atomic mass is 31.3. The van der Waals surface area contributed by atoms with Crippen LogP contribution in [0.15, 0.2) is 0 Å². The van der Waals surface area contributed by atoms with Crippen LogP contribution in [0.3, 0.4) is 0 Å². The van der Waals surface area contributed by atoms with Gasteiger partial charge in [0.1, 0.15) is 0 Å². The second-order valence-corrected chi connectivity index (χ2v) is 10.8. The van der Waals surface area contributed by atoms with Crippen LogP contribution < -0.4 is 5.09 Å². The smallest absolute Gasteiger partial charge is 0.312 e. The third-order valence-corrected chi connectivity index (χ3v) is 6.38. The minimum atomic E-state index is -5.32. The zero-order valence-electron chi connectivity index (χ0n) is 12.6. The summed E-state index contributed by atoms with van der Waals surface area (Å²) in [5.41, 5.74) is -2.08. The largest absolute Gasteiger partial charge is 0.489 e. The molecule has 0 aliphatic rings. The Morgan fingerprint density at radius 2 is 1.24 bits per heavy atom. The molecule has 4 N–H and O–H groups in total. The standard InChI is InChI=1S/C8H22NO9P3/c1-7(2,3)9-19(10,11)17-21(14,15)18-20(12,13)16-8(4,5)6/h1-6H3,(H,12,13)(H,14,15)(H2,9,10,11). The van der Waals surface area contributed by atoms with Crippen molar-refractivity contribution in [2.75, 3.05) is 0 Å². The highest BCUT2D eigenvalue weighted by molar-refractivity contribution is 7.67. The fraction of sp³-hybridized carbons (Fsp3) is 1.00. The molecule has 0 aromatic carbocycles. The van der Waals surface area contributed by atoms with E-state index in [0.29, 0.717) is 0 Å². The monoisotopic (exact) mass is 369 g/mol. The van der Waals surface area contributed by atoms with Crippen molar-refractivity contribution >= 4 is 23.4 Å². The van der Waals surface area contributed by atoms with E-state index < -0.39 is 34.5 Å². The predicted molar refractivity (Wildman–Crippen MR) is 75.4 cm³/mol. The van der Waals surface area contributed by atoms with Gasteiger partial charge in [-0.25, -0.2) is 18.8 Å². The van der Waals surface area contributed by atoms with Gasteiger partial charge in [0.05, 0.1) is 5.60 Å². The summed E-state index contributed by atoms with van der Waals surface area (Å²) in [6, 6.07) is 0. The number of nitrogens with one attached hydrogen (secondary N) is 1. The molecule has 0 aliphatic heterocycles. The maximum Gasteiger partial charge on any atom is 0.489 e. The summed E-state index contributed by atoms with van der Waals surface area (Å²) in [5.74, 6) is 0. The first kappa shape index (κ1) is 21.4. The molecule has 0 aromatic heterocycles. The van der Waals surface area contributed by atoms with Crippen LogP contribution >= 0.6 is 23.4 Å². The van der Waals surface area contributed by atoms with Crippen molar-refractivity contribution < 1.29 is 41.5 Å². The van der Waals surface area contributed by atoms with Gasteiger partial charge >= 0.3 is 23.4 Å². The molecule has 0 amide bonds. The molecule has 13 heteroatoms. The van der Waals surface area contributed by atoms with E-state index in [1.165, 1.54) is 41.5 Å². The van der Waals surface area contributed by atoms with Crippen molar-refractivity contribution in [3.05, 3.63) is 0 Å². The van der Waals surface area contributed by atoms with E-state index in [9.17, 15) is 28.4 Å². The topological polar surface area (TPSA) is 152 Å². The number of hydrogen-bond donors (Lipinski definition) is 4. The Morgan fingerprint density at radius 1 is 0.810 bits per heavy atom. The molecule has 128 valence electrons. The van der Waals surface area contributed by atoms with Crippen LogP contribution in [0.1, 0.15) is 41.5 Å². The molecule has 21 heavy (non-hydrogen) atoms. The molecule has 0 rings (SSSR count). The van der Waals surface area contributed by atoms with Gasteiger partial charge in [0.15, 0.2) is 0 Å². The highest BCUT2D eigenvalue weighted by Crippen LogP contribution is 2.67. The normalized spacial score (nSPS) is 22.1. The molecule has 0 saturated heterocycles. The van der Waals surface area contributed by atoms with Gasteiger partial charge < -0.3 is 14.7 Å². The van der Waals surface area contributed by atoms with Crippen LogP contribution in [-0.4, -0.2) is 25.8 Å². The van der Waals surface area contributed by atoms with E-state index in [1.807, 2.05) is 0 Å². The van der Waals surface area contributed by atoms with E-state index in [-0.39, 0.29) is 0 Å². The lowest BCUT2D eigenvalue weighted by molar-refractivity contribution is 0.0792. The van der Waals surface area contributed by atoms with Crippen molar-refractivity contribution in [3.63, 3.8) is 0 Å². The Balaban J connectivity index is 4.97. The summed E-state index contributed by atoms with van der Waals surface area (Å²) in [4.78, 5) is 28.0. The van der Waals surface area contributed by atoms with Crippen molar-refractivity contribution in [3.8, 4) is 0 Å². The summed E-state index contributed by atoms with van der Waals surface area (Å²) >= 11 is 0. The first-order valence-corrected chi connectivity index (χ1v) is 10.3. The third-order valence-electron chi connectivity index (χ3n) is 1.29. The van der Waals surface area contributed by atoms with Crippen LogP contribution in [-0.2, 0) is 26.8 Å². The first-order chi connectivity index (χ1) is 8.83. The molecule has 3 unspecified atom stereocenters. The zero-order valence-corrected chi connectivity index (χ0v) is 15.3. The number of hydrogen-bond acceptors (Lipinski definition) is 6. The Hall–Kier alpha value is 0.410. The lowest BCUT2D eigenvalue weighted by Crippen LogP contribution is -2.33. The summed E-state index contributed by atoms with van der Waals surface area (Å²) < 4.78 is 47.2. The molecule has 3 atom stereocenters. The zero-order chi connectivity index (χ0) is 17.3. The molecule has 0 spiro atoms. The van der Waals surface area contributed by atoms with Crippen LogP contribution in [0.2, 0.25) is 0 Å². The van der Waals surface area contributed by atoms with Crippen molar-refractivity contribution in [1.29, 1.82) is 0 Å². The van der Waals surface area contributed by atoms with Gasteiger partial charge in [-0.3, -0.25) is 4.52 Å². The summed E-state index contributed by atoms with van der Waals surface area (Å²) in [7, 11) is -15.0. The summed E-state index contributed by atoms with van der Waals surface area (Å²) in [5, 5.41) is 2.05. The fourth-order valence-electron chi connectivity index (χ4n) is 1.09. The maximum atomic E-state index is 11.6. The van der Waals surface area contributed by atoms with Gasteiger partial charge in [-0.1, -0.05) is 0 Å². The number of phosphoric ester groups is 1. The van der Waals surface area contributed by atoms with Crippen LogP contribution in [0.25, 0.3) is 0 Å². The van der Waals surface area contributed by atoms with E-state index in [4.69, 9.17) is 0 Å². The molecule has 0 radical (unpaired) electrons. The van der Waals surface area contributed by atoms with E-state index in [0.717, 1.165) is 0 Å². The minimum Gasteiger partial charge on any atom is -0.312 e. The minimum absolute atomic E-state index is 0.922. The molecular formula is C8H22NO9P3. The van der Waals surface area contributed by atoms with Crippen LogP contribution in [0.4, 0.5) is 0 Å². The predicted octanol–water partition coefficient (Wildman–Crippen LogP) is 2.52. The second-order valence-electron chi connectivity index (χ2n) is 6.19. The van der Waals surface area contributed by atoms with Crippen molar-refractivity contribution in [1.82, 2.24) is 5.09 Å². The van der Waals surface area contributed by atoms with Gasteiger partial charge in [0.25, 0.3) is 0 Å². The average Bonchev–Trinajstić information content (AvgIpc) is 1.83. The molecule has 0 heterocycles. The average molecular weight is 369 g/mol. The Kier molecular flexibility index (Phi) is 6.62. The highest BCUT2D eigenvalue weighted by Gasteiger charge is 2.43. The number of rotatable bonds is 6. The molecule has 10 nitrogen and oxygen atoms in total. The summed E-state index contributed by atoms with van der Waals surface area (Å²) in [6.07, 6.45) is 0. The molecule has 0 bridgehead atoms. The quantitative estimate of drug-likeness (QED) is 0.514. The van der Waals surface area contributed by atoms with Crippen molar-refractivity contribution in [2.24, 2.45) is 0 Å². The molecule has 0 aliphatic carbocycles. The van der Waals surface area contributed by atoms with Gasteiger partial charge in [0, 0.05) is 5.54 Å². The first-order valence-electron chi connectivity index (χ1n) is 5.74. The van der Waals surface area contributed by atoms with E-state index in [1.54, 1.807) is 0 Å². The van der Waals surface area contributed by atoms with Gasteiger partial charge in [-0.05, 0) is 41.5 Å². The molecular weight excluding hydrogens is 347 g/mol. The fourth-order valence-corrected chi connectivity index (χ4v) is 5.48. The SMILES string of the molecule is CC(C)(C)NP(=O)(O)OP(=O)(O)OP(=O)(O)OC(C)(C)C. The maximum absolute atomic E-state index is 11.6. The van der Waals surface area contributed by atoms with Gasteiger partial charge in [0.2, 0.25) is 0 Å². The van der Waals surface area contributed by atoms with E-state index >= 15 is 0 Å². The van der Waals surface area contributed by atoms with Gasteiger partial charge in [-0.15, -0.1) is 0 Å². The lowest BCUT2D eigenvalue weighted by Gasteiger charge is -2.26. The van der Waals surface area contributed by atoms with E-state index in [2.05, 4.69) is 18.2 Å². The number of phosphoric acid groups is 2. The lowest BCUT2D eigenvalue weighted by atomic mass is 10.1. The van der Waals surface area contributed by atoms with Gasteiger partial charge in [-0.2, -0.15) is 8.62 Å². The van der Waals surface area contributed by atoms with Crippen molar-refractivity contribution in [2.45, 2.75) is 52.7 Å². The molecule has 0 aromatic rings. The third kappa shape index (κ3) is 11.6. The molecule has 0 fully saturated rings. The Morgan fingerprint density at radius 3 is 1.57 bits per heavy atom. The Bertz CT molecular complexity index is 464. The summed E-state index contributed by atoms with van der Waals surface area (Å²) in [6.45, 7) is 8.72. The second kappa shape index (κ2) is 6.49.